The van der Waals surface area contributed by atoms with Crippen LogP contribution in [0, 0.1) is 15.9 Å². The number of carbonyl (C=O) groups excluding carboxylic acids is 1. The van der Waals surface area contributed by atoms with Gasteiger partial charge in [-0.3, -0.25) is 15.4 Å². The van der Waals surface area contributed by atoms with Gasteiger partial charge in [-0.2, -0.15) is 0 Å². The maximum atomic E-state index is 13.6. The zero-order chi connectivity index (χ0) is 17.7. The lowest BCUT2D eigenvalue weighted by molar-refractivity contribution is -0.384. The first-order valence-corrected chi connectivity index (χ1v) is 6.57. The maximum Gasteiger partial charge on any atom is 0.412 e. The maximum absolute atomic E-state index is 13.6. The molecule has 0 spiro atoms. The van der Waals surface area contributed by atoms with Crippen LogP contribution in [-0.4, -0.2) is 22.1 Å². The van der Waals surface area contributed by atoms with E-state index >= 15 is 0 Å². The number of hydrogen-bond donors (Lipinski definition) is 2. The minimum atomic E-state index is -1.66. The lowest BCUT2D eigenvalue weighted by Crippen LogP contribution is -2.15. The second kappa shape index (κ2) is 7.18. The number of carboxylic acid groups (broad SMARTS) is 1. The van der Waals surface area contributed by atoms with Gasteiger partial charge in [0.15, 0.2) is 0 Å². The molecule has 0 aliphatic carbocycles. The summed E-state index contributed by atoms with van der Waals surface area (Å²) < 4.78 is 18.5. The summed E-state index contributed by atoms with van der Waals surface area (Å²) in [6, 6.07) is 9.76. The Morgan fingerprint density at radius 2 is 1.92 bits per heavy atom. The molecule has 2 N–H and O–H groups in total. The van der Waals surface area contributed by atoms with Gasteiger partial charge in [0.25, 0.3) is 5.69 Å². The first-order valence-electron chi connectivity index (χ1n) is 6.57. The van der Waals surface area contributed by atoms with Gasteiger partial charge in [0, 0.05) is 12.1 Å². The Kier molecular flexibility index (Phi) is 5.05. The van der Waals surface area contributed by atoms with Gasteiger partial charge in [0.2, 0.25) is 0 Å². The predicted molar refractivity (Wildman–Crippen MR) is 80.3 cm³/mol. The van der Waals surface area contributed by atoms with Crippen molar-refractivity contribution in [3.63, 3.8) is 0 Å². The number of ether oxygens (including phenoxy) is 1. The van der Waals surface area contributed by atoms with E-state index in [4.69, 9.17) is 9.84 Å². The summed E-state index contributed by atoms with van der Waals surface area (Å²) in [5, 5.41) is 21.8. The molecule has 2 aromatic rings. The molecule has 0 radical (unpaired) electrons. The van der Waals surface area contributed by atoms with Crippen molar-refractivity contribution in [2.75, 3.05) is 5.32 Å². The molecule has 0 aliphatic rings. The number of anilines is 1. The van der Waals surface area contributed by atoms with Crippen LogP contribution in [0.2, 0.25) is 0 Å². The van der Waals surface area contributed by atoms with E-state index < -0.39 is 39.7 Å². The largest absolute Gasteiger partial charge is 0.478 e. The molecule has 9 heteroatoms. The number of nitro benzene ring substituents is 1. The van der Waals surface area contributed by atoms with Gasteiger partial charge in [0.1, 0.15) is 23.7 Å². The van der Waals surface area contributed by atoms with Gasteiger partial charge in [-0.15, -0.1) is 0 Å². The molecule has 0 saturated heterocycles. The molecule has 8 nitrogen and oxygen atoms in total. The molecule has 124 valence electrons. The van der Waals surface area contributed by atoms with E-state index in [9.17, 15) is 24.1 Å². The number of benzene rings is 2. The number of carboxylic acids is 1. The third kappa shape index (κ3) is 4.03. The van der Waals surface area contributed by atoms with Crippen LogP contribution in [-0.2, 0) is 11.3 Å². The van der Waals surface area contributed by atoms with Crippen molar-refractivity contribution in [3.05, 3.63) is 69.5 Å². The number of halogens is 1. The lowest BCUT2D eigenvalue weighted by Gasteiger charge is -2.08. The van der Waals surface area contributed by atoms with Crippen LogP contribution in [0.15, 0.2) is 42.5 Å². The van der Waals surface area contributed by atoms with E-state index in [1.807, 2.05) is 5.32 Å². The smallest absolute Gasteiger partial charge is 0.412 e. The molecule has 0 fully saturated rings. The van der Waals surface area contributed by atoms with Crippen LogP contribution in [0.25, 0.3) is 0 Å². The number of hydrogen-bond acceptors (Lipinski definition) is 5. The third-order valence-electron chi connectivity index (χ3n) is 2.96. The zero-order valence-corrected chi connectivity index (χ0v) is 12.1. The molecule has 0 aliphatic heterocycles. The van der Waals surface area contributed by atoms with Gasteiger partial charge < -0.3 is 9.84 Å². The molecule has 0 saturated carbocycles. The number of rotatable bonds is 5. The van der Waals surface area contributed by atoms with Crippen LogP contribution >= 0.6 is 0 Å². The van der Waals surface area contributed by atoms with Gasteiger partial charge >= 0.3 is 12.1 Å². The highest BCUT2D eigenvalue weighted by atomic mass is 19.1. The van der Waals surface area contributed by atoms with Gasteiger partial charge in [-0.05, 0) is 5.56 Å². The standard InChI is InChI=1S/C15H11FN2O6/c16-11-7-12(13(18(22)23)6-10(11)14(19)20)17-15(21)24-8-9-4-2-1-3-5-9/h1-7H,8H2,(H,17,21)(H,19,20). The average Bonchev–Trinajstić information content (AvgIpc) is 2.53. The number of amides is 1. The molecule has 0 heterocycles. The minimum absolute atomic E-state index is 0.0871. The Hall–Kier alpha value is -3.49. The summed E-state index contributed by atoms with van der Waals surface area (Å²) in [4.78, 5) is 32.5. The summed E-state index contributed by atoms with van der Waals surface area (Å²) in [6.45, 7) is -0.0871. The van der Waals surface area contributed by atoms with Crippen molar-refractivity contribution in [2.24, 2.45) is 0 Å². The van der Waals surface area contributed by atoms with Crippen molar-refractivity contribution in [2.45, 2.75) is 6.61 Å². The Morgan fingerprint density at radius 3 is 2.50 bits per heavy atom. The topological polar surface area (TPSA) is 119 Å². The second-order valence-electron chi connectivity index (χ2n) is 4.60. The Labute approximate surface area is 134 Å². The molecule has 0 aromatic heterocycles. The van der Waals surface area contributed by atoms with Crippen molar-refractivity contribution in [1.29, 1.82) is 0 Å². The first-order chi connectivity index (χ1) is 11.4. The van der Waals surface area contributed by atoms with Crippen molar-refractivity contribution < 1.29 is 28.7 Å². The summed E-state index contributed by atoms with van der Waals surface area (Å²) >= 11 is 0. The first kappa shape index (κ1) is 16.9. The predicted octanol–water partition coefficient (Wildman–Crippen LogP) is 3.18. The highest BCUT2D eigenvalue weighted by molar-refractivity contribution is 5.93. The highest BCUT2D eigenvalue weighted by Crippen LogP contribution is 2.28. The Morgan fingerprint density at radius 1 is 1.25 bits per heavy atom. The van der Waals surface area contributed by atoms with Crippen LogP contribution in [0.4, 0.5) is 20.6 Å². The van der Waals surface area contributed by atoms with Gasteiger partial charge in [0.05, 0.1) is 4.92 Å². The lowest BCUT2D eigenvalue weighted by atomic mass is 10.1. The Bertz CT molecular complexity index is 794. The van der Waals surface area contributed by atoms with Crippen LogP contribution in [0.5, 0.6) is 0 Å². The molecular weight excluding hydrogens is 323 g/mol. The van der Waals surface area contributed by atoms with Gasteiger partial charge in [-0.1, -0.05) is 30.3 Å². The number of nitrogens with zero attached hydrogens (tertiary/aromatic N) is 1. The molecular formula is C15H11FN2O6. The van der Waals surface area contributed by atoms with E-state index in [1.54, 1.807) is 30.3 Å². The van der Waals surface area contributed by atoms with Crippen molar-refractivity contribution in [1.82, 2.24) is 0 Å². The summed E-state index contributed by atoms with van der Waals surface area (Å²) in [6.07, 6.45) is -1.04. The molecule has 1 amide bonds. The number of nitro groups is 1. The van der Waals surface area contributed by atoms with Crippen LogP contribution in [0.1, 0.15) is 15.9 Å². The number of aromatic carboxylic acids is 1. The van der Waals surface area contributed by atoms with Crippen LogP contribution < -0.4 is 5.32 Å². The third-order valence-corrected chi connectivity index (χ3v) is 2.96. The molecule has 2 aromatic carbocycles. The molecule has 24 heavy (non-hydrogen) atoms. The fourth-order valence-electron chi connectivity index (χ4n) is 1.85. The highest BCUT2D eigenvalue weighted by Gasteiger charge is 2.23. The van der Waals surface area contributed by atoms with E-state index in [-0.39, 0.29) is 6.61 Å². The summed E-state index contributed by atoms with van der Waals surface area (Å²) in [5.74, 6) is -2.87. The van der Waals surface area contributed by atoms with Gasteiger partial charge in [-0.25, -0.2) is 14.0 Å². The number of nitrogens with one attached hydrogen (secondary N) is 1. The minimum Gasteiger partial charge on any atom is -0.478 e. The molecule has 0 unspecified atom stereocenters. The average molecular weight is 334 g/mol. The summed E-state index contributed by atoms with van der Waals surface area (Å²) in [7, 11) is 0. The van der Waals surface area contributed by atoms with Crippen LogP contribution in [0.3, 0.4) is 0 Å². The molecule has 0 bridgehead atoms. The van der Waals surface area contributed by atoms with Crippen molar-refractivity contribution >= 4 is 23.4 Å². The monoisotopic (exact) mass is 334 g/mol. The molecule has 2 rings (SSSR count). The number of carbonyl (C=O) groups is 2. The van der Waals surface area contributed by atoms with Crippen molar-refractivity contribution in [3.8, 4) is 0 Å². The SMILES string of the molecule is O=C(Nc1cc(F)c(C(=O)O)cc1[N+](=O)[O-])OCc1ccccc1. The zero-order valence-electron chi connectivity index (χ0n) is 12.1. The van der Waals surface area contributed by atoms with E-state index in [0.717, 1.165) is 0 Å². The van der Waals surface area contributed by atoms with E-state index in [0.29, 0.717) is 17.7 Å². The Balaban J connectivity index is 2.16. The van der Waals surface area contributed by atoms with E-state index in [1.165, 1.54) is 0 Å². The quantitative estimate of drug-likeness (QED) is 0.640. The van der Waals surface area contributed by atoms with E-state index in [2.05, 4.69) is 0 Å². The summed E-state index contributed by atoms with van der Waals surface area (Å²) in [5.41, 5.74) is -1.44. The fraction of sp³-hybridized carbons (Fsp3) is 0.0667. The fourth-order valence-corrected chi connectivity index (χ4v) is 1.85. The molecule has 0 atom stereocenters. The normalized spacial score (nSPS) is 10.0. The second-order valence-corrected chi connectivity index (χ2v) is 4.60.